The fraction of sp³-hybridized carbons (Fsp3) is 0.529. The molecule has 1 amide bonds. The van der Waals surface area contributed by atoms with E-state index in [4.69, 9.17) is 4.74 Å². The number of carbonyl (C=O) groups excluding carboxylic acids is 2. The van der Waals surface area contributed by atoms with E-state index in [0.717, 1.165) is 5.56 Å². The summed E-state index contributed by atoms with van der Waals surface area (Å²) in [4.78, 5) is 24.8. The third kappa shape index (κ3) is 3.14. The number of hydrogen-bond acceptors (Lipinski definition) is 4. The first-order valence-electron chi connectivity index (χ1n) is 7.45. The van der Waals surface area contributed by atoms with Crippen molar-refractivity contribution in [2.45, 2.75) is 57.8 Å². The number of rotatable bonds is 2. The maximum atomic E-state index is 12.6. The van der Waals surface area contributed by atoms with Gasteiger partial charge in [0.25, 0.3) is 0 Å². The number of amides is 1. The first kappa shape index (κ1) is 16.5. The van der Waals surface area contributed by atoms with Crippen LogP contribution in [-0.4, -0.2) is 28.7 Å². The zero-order valence-corrected chi connectivity index (χ0v) is 13.5. The van der Waals surface area contributed by atoms with Gasteiger partial charge in [-0.15, -0.1) is 0 Å². The van der Waals surface area contributed by atoms with Crippen LogP contribution in [0.25, 0.3) is 0 Å². The Bertz CT molecular complexity index is 591. The molecule has 0 aromatic heterocycles. The summed E-state index contributed by atoms with van der Waals surface area (Å²) in [6.07, 6.45) is -1.03. The smallest absolute Gasteiger partial charge is 0.408 e. The van der Waals surface area contributed by atoms with Crippen LogP contribution in [0, 0.1) is 6.92 Å². The van der Waals surface area contributed by atoms with E-state index in [2.05, 4.69) is 5.32 Å². The third-order valence-corrected chi connectivity index (χ3v) is 3.84. The molecule has 5 nitrogen and oxygen atoms in total. The van der Waals surface area contributed by atoms with Crippen LogP contribution in [0.5, 0.6) is 0 Å². The molecular weight excluding hydrogens is 282 g/mol. The SMILES string of the molecule is Cc1ccccc1C1(NC(=O)OC(C)(C)C)CCC(O)C1=O. The Morgan fingerprint density at radius 2 is 2.00 bits per heavy atom. The summed E-state index contributed by atoms with van der Waals surface area (Å²) < 4.78 is 5.29. The Balaban J connectivity index is 2.39. The molecule has 1 saturated carbocycles. The molecule has 5 heteroatoms. The quantitative estimate of drug-likeness (QED) is 0.880. The number of nitrogens with one attached hydrogen (secondary N) is 1. The van der Waals surface area contributed by atoms with E-state index in [1.165, 1.54) is 0 Å². The van der Waals surface area contributed by atoms with Crippen LogP contribution in [0.4, 0.5) is 4.79 Å². The summed E-state index contributed by atoms with van der Waals surface area (Å²) in [5.74, 6) is -0.382. The Kier molecular flexibility index (Phi) is 4.29. The minimum absolute atomic E-state index is 0.322. The van der Waals surface area contributed by atoms with Crippen LogP contribution in [0.15, 0.2) is 24.3 Å². The molecule has 0 bridgehead atoms. The molecule has 2 atom stereocenters. The Morgan fingerprint density at radius 3 is 2.50 bits per heavy atom. The van der Waals surface area contributed by atoms with Crippen LogP contribution < -0.4 is 5.32 Å². The fourth-order valence-corrected chi connectivity index (χ4v) is 2.88. The second kappa shape index (κ2) is 5.72. The predicted molar refractivity (Wildman–Crippen MR) is 82.5 cm³/mol. The number of alkyl carbamates (subject to hydrolysis) is 1. The number of aryl methyl sites for hydroxylation is 1. The molecule has 1 fully saturated rings. The molecule has 0 saturated heterocycles. The molecule has 0 aliphatic heterocycles. The number of carbonyl (C=O) groups is 2. The first-order chi connectivity index (χ1) is 10.2. The number of benzene rings is 1. The highest BCUT2D eigenvalue weighted by Gasteiger charge is 2.50. The van der Waals surface area contributed by atoms with Gasteiger partial charge in [-0.3, -0.25) is 4.79 Å². The molecule has 120 valence electrons. The second-order valence-electron chi connectivity index (χ2n) is 6.77. The van der Waals surface area contributed by atoms with Crippen LogP contribution in [-0.2, 0) is 15.1 Å². The minimum Gasteiger partial charge on any atom is -0.444 e. The number of ketones is 1. The highest BCUT2D eigenvalue weighted by molar-refractivity contribution is 5.98. The van der Waals surface area contributed by atoms with Gasteiger partial charge in [-0.2, -0.15) is 0 Å². The molecule has 2 rings (SSSR count). The lowest BCUT2D eigenvalue weighted by Crippen LogP contribution is -2.52. The largest absolute Gasteiger partial charge is 0.444 e. The molecule has 1 aromatic rings. The lowest BCUT2D eigenvalue weighted by molar-refractivity contribution is -0.130. The van der Waals surface area contributed by atoms with E-state index in [1.54, 1.807) is 20.8 Å². The van der Waals surface area contributed by atoms with E-state index in [1.807, 2.05) is 31.2 Å². The van der Waals surface area contributed by atoms with Gasteiger partial charge >= 0.3 is 6.09 Å². The lowest BCUT2D eigenvalue weighted by Gasteiger charge is -2.32. The highest BCUT2D eigenvalue weighted by Crippen LogP contribution is 2.38. The predicted octanol–water partition coefficient (Wildman–Crippen LogP) is 2.44. The van der Waals surface area contributed by atoms with Crippen LogP contribution in [0.3, 0.4) is 0 Å². The van der Waals surface area contributed by atoms with E-state index < -0.39 is 23.3 Å². The third-order valence-electron chi connectivity index (χ3n) is 3.84. The molecule has 2 N–H and O–H groups in total. The van der Waals surface area contributed by atoms with Gasteiger partial charge in [-0.1, -0.05) is 24.3 Å². The van der Waals surface area contributed by atoms with Crippen molar-refractivity contribution in [1.29, 1.82) is 0 Å². The van der Waals surface area contributed by atoms with Gasteiger partial charge in [0, 0.05) is 0 Å². The number of ether oxygens (including phenoxy) is 1. The number of hydrogen-bond donors (Lipinski definition) is 2. The molecule has 22 heavy (non-hydrogen) atoms. The molecule has 0 spiro atoms. The Hall–Kier alpha value is -1.88. The van der Waals surface area contributed by atoms with Crippen molar-refractivity contribution in [2.75, 3.05) is 0 Å². The van der Waals surface area contributed by atoms with E-state index in [9.17, 15) is 14.7 Å². The highest BCUT2D eigenvalue weighted by atomic mass is 16.6. The van der Waals surface area contributed by atoms with Crippen LogP contribution in [0.2, 0.25) is 0 Å². The Morgan fingerprint density at radius 1 is 1.36 bits per heavy atom. The molecule has 0 heterocycles. The van der Waals surface area contributed by atoms with E-state index >= 15 is 0 Å². The van der Waals surface area contributed by atoms with Gasteiger partial charge in [0.15, 0.2) is 5.78 Å². The van der Waals surface area contributed by atoms with Crippen molar-refractivity contribution >= 4 is 11.9 Å². The molecule has 1 aliphatic carbocycles. The summed E-state index contributed by atoms with van der Waals surface area (Å²) in [6.45, 7) is 7.17. The zero-order valence-electron chi connectivity index (χ0n) is 13.5. The summed E-state index contributed by atoms with van der Waals surface area (Å²) in [6, 6.07) is 7.38. The van der Waals surface area contributed by atoms with Gasteiger partial charge in [0.05, 0.1) is 0 Å². The number of aliphatic hydroxyl groups is 1. The normalized spacial score (nSPS) is 25.1. The molecular formula is C17H23NO4. The van der Waals surface area contributed by atoms with Gasteiger partial charge in [0.1, 0.15) is 17.2 Å². The maximum Gasteiger partial charge on any atom is 0.408 e. The fourth-order valence-electron chi connectivity index (χ4n) is 2.88. The molecule has 1 aromatic carbocycles. The number of aliphatic hydroxyl groups excluding tert-OH is 1. The average molecular weight is 305 g/mol. The van der Waals surface area contributed by atoms with Gasteiger partial charge < -0.3 is 15.2 Å². The van der Waals surface area contributed by atoms with Crippen molar-refractivity contribution in [3.8, 4) is 0 Å². The maximum absolute atomic E-state index is 12.6. The summed E-state index contributed by atoms with van der Waals surface area (Å²) in [7, 11) is 0. The van der Waals surface area contributed by atoms with E-state index in [-0.39, 0.29) is 5.78 Å². The van der Waals surface area contributed by atoms with Gasteiger partial charge in [-0.25, -0.2) is 4.79 Å². The van der Waals surface area contributed by atoms with Crippen molar-refractivity contribution < 1.29 is 19.4 Å². The topological polar surface area (TPSA) is 75.6 Å². The second-order valence-corrected chi connectivity index (χ2v) is 6.77. The van der Waals surface area contributed by atoms with Gasteiger partial charge in [-0.05, 0) is 51.7 Å². The average Bonchev–Trinajstić information content (AvgIpc) is 2.66. The van der Waals surface area contributed by atoms with Crippen molar-refractivity contribution in [3.05, 3.63) is 35.4 Å². The molecule has 2 unspecified atom stereocenters. The molecule has 0 radical (unpaired) electrons. The lowest BCUT2D eigenvalue weighted by atomic mass is 9.84. The summed E-state index contributed by atoms with van der Waals surface area (Å²) in [5, 5.41) is 12.6. The van der Waals surface area contributed by atoms with Crippen molar-refractivity contribution in [3.63, 3.8) is 0 Å². The monoisotopic (exact) mass is 305 g/mol. The zero-order chi connectivity index (χ0) is 16.5. The Labute approximate surface area is 130 Å². The van der Waals surface area contributed by atoms with Crippen molar-refractivity contribution in [1.82, 2.24) is 5.32 Å². The molecule has 1 aliphatic rings. The summed E-state index contributed by atoms with van der Waals surface area (Å²) >= 11 is 0. The first-order valence-corrected chi connectivity index (χ1v) is 7.45. The standard InChI is InChI=1S/C17H23NO4/c1-11-7-5-6-8-12(11)17(10-9-13(19)14(17)20)18-15(21)22-16(2,3)4/h5-8,13,19H,9-10H2,1-4H3,(H,18,21). The van der Waals surface area contributed by atoms with Crippen molar-refractivity contribution in [2.24, 2.45) is 0 Å². The van der Waals surface area contributed by atoms with Gasteiger partial charge in [0.2, 0.25) is 0 Å². The van der Waals surface area contributed by atoms with E-state index in [0.29, 0.717) is 18.4 Å². The van der Waals surface area contributed by atoms with Crippen LogP contribution in [0.1, 0.15) is 44.7 Å². The summed E-state index contributed by atoms with van der Waals surface area (Å²) in [5.41, 5.74) is -0.270. The van der Waals surface area contributed by atoms with Crippen LogP contribution >= 0.6 is 0 Å². The number of Topliss-reactive ketones (excluding diaryl/α,β-unsaturated/α-hetero) is 1. The minimum atomic E-state index is -1.22.